The first-order chi connectivity index (χ1) is 9.70. The number of carboxylic acid groups (broad SMARTS) is 1. The summed E-state index contributed by atoms with van der Waals surface area (Å²) in [7, 11) is -4.45. The number of hydrogen-bond acceptors (Lipinski definition) is 5. The second kappa shape index (κ2) is 7.22. The summed E-state index contributed by atoms with van der Waals surface area (Å²) < 4.78 is 32.2. The number of nitrogens with zero attached hydrogens (tertiary/aromatic N) is 1. The van der Waals surface area contributed by atoms with Crippen molar-refractivity contribution >= 4 is 57.5 Å². The standard InChI is InChI=1S/C12H15NO7S.Na.H/c14-10-3-4-11(15)13(10)6-8-2-1-7(12(16)17)5-9(8)21(18,19)20;;/h3-4,7-9H,1-2,5-6H2,(H,16,17)(H,18,19,20);;. The molecule has 1 aliphatic heterocycles. The summed E-state index contributed by atoms with van der Waals surface area (Å²) in [6.45, 7) is -0.137. The summed E-state index contributed by atoms with van der Waals surface area (Å²) >= 11 is 0. The fourth-order valence-corrected chi connectivity index (χ4v) is 4.02. The van der Waals surface area contributed by atoms with Gasteiger partial charge in [0.25, 0.3) is 21.9 Å². The molecular formula is C12H16NNaO7S. The number of aliphatic carboxylic acids is 1. The molecule has 0 aromatic rings. The molecule has 8 nitrogen and oxygen atoms in total. The van der Waals surface area contributed by atoms with Gasteiger partial charge in [-0.3, -0.25) is 23.8 Å². The van der Waals surface area contributed by atoms with Crippen molar-refractivity contribution in [2.24, 2.45) is 11.8 Å². The maximum absolute atomic E-state index is 11.5. The quantitative estimate of drug-likeness (QED) is 0.382. The van der Waals surface area contributed by atoms with Crippen molar-refractivity contribution in [2.45, 2.75) is 24.5 Å². The molecule has 118 valence electrons. The average molecular weight is 341 g/mol. The third-order valence-corrected chi connectivity index (χ3v) is 5.32. The Bertz CT molecular complexity index is 597. The Balaban J connectivity index is 0.00000242. The molecule has 1 fully saturated rings. The molecule has 1 saturated carbocycles. The van der Waals surface area contributed by atoms with Crippen molar-refractivity contribution in [3.63, 3.8) is 0 Å². The van der Waals surface area contributed by atoms with Gasteiger partial charge in [0.15, 0.2) is 0 Å². The second-order valence-electron chi connectivity index (χ2n) is 5.28. The fourth-order valence-electron chi connectivity index (χ4n) is 2.84. The van der Waals surface area contributed by atoms with Gasteiger partial charge in [-0.25, -0.2) is 0 Å². The van der Waals surface area contributed by atoms with Crippen LogP contribution in [0.25, 0.3) is 0 Å². The van der Waals surface area contributed by atoms with Crippen LogP contribution < -0.4 is 0 Å². The molecular weight excluding hydrogens is 325 g/mol. The first-order valence-electron chi connectivity index (χ1n) is 6.42. The van der Waals surface area contributed by atoms with Gasteiger partial charge in [-0.2, -0.15) is 8.42 Å². The maximum atomic E-state index is 11.5. The molecule has 0 aromatic heterocycles. The van der Waals surface area contributed by atoms with E-state index in [1.165, 1.54) is 0 Å². The zero-order valence-electron chi connectivity index (χ0n) is 11.0. The van der Waals surface area contributed by atoms with Gasteiger partial charge in [0.2, 0.25) is 0 Å². The van der Waals surface area contributed by atoms with Gasteiger partial charge in [-0.15, -0.1) is 0 Å². The minimum atomic E-state index is -4.45. The van der Waals surface area contributed by atoms with Crippen molar-refractivity contribution in [2.75, 3.05) is 6.54 Å². The van der Waals surface area contributed by atoms with Crippen LogP contribution in [-0.4, -0.2) is 82.1 Å². The van der Waals surface area contributed by atoms with Crippen LogP contribution in [-0.2, 0) is 24.5 Å². The topological polar surface area (TPSA) is 129 Å². The van der Waals surface area contributed by atoms with E-state index in [4.69, 9.17) is 5.11 Å². The summed E-state index contributed by atoms with van der Waals surface area (Å²) in [5.41, 5.74) is 0. The summed E-state index contributed by atoms with van der Waals surface area (Å²) in [4.78, 5) is 34.9. The molecule has 2 N–H and O–H groups in total. The molecule has 3 unspecified atom stereocenters. The van der Waals surface area contributed by atoms with E-state index < -0.39 is 45.0 Å². The molecule has 2 amide bonds. The Labute approximate surface area is 149 Å². The summed E-state index contributed by atoms with van der Waals surface area (Å²) in [5.74, 6) is -3.69. The number of rotatable bonds is 4. The van der Waals surface area contributed by atoms with Crippen LogP contribution in [0, 0.1) is 11.8 Å². The third-order valence-electron chi connectivity index (χ3n) is 3.98. The molecule has 10 heteroatoms. The molecule has 0 saturated heterocycles. The van der Waals surface area contributed by atoms with E-state index in [9.17, 15) is 27.4 Å². The normalized spacial score (nSPS) is 28.6. The van der Waals surface area contributed by atoms with Crippen LogP contribution >= 0.6 is 0 Å². The van der Waals surface area contributed by atoms with E-state index in [1.54, 1.807) is 0 Å². The number of carboxylic acids is 1. The fraction of sp³-hybridized carbons (Fsp3) is 0.583. The van der Waals surface area contributed by atoms with Crippen LogP contribution in [0.15, 0.2) is 12.2 Å². The minimum absolute atomic E-state index is 0. The Hall–Kier alpha value is -0.740. The molecule has 1 aliphatic carbocycles. The van der Waals surface area contributed by atoms with Gasteiger partial charge in [0, 0.05) is 18.7 Å². The van der Waals surface area contributed by atoms with Crippen molar-refractivity contribution in [1.29, 1.82) is 0 Å². The van der Waals surface area contributed by atoms with Crippen molar-refractivity contribution < 1.29 is 32.5 Å². The Kier molecular flexibility index (Phi) is 6.34. The van der Waals surface area contributed by atoms with Crippen LogP contribution in [0.5, 0.6) is 0 Å². The Morgan fingerprint density at radius 1 is 1.23 bits per heavy atom. The van der Waals surface area contributed by atoms with Crippen molar-refractivity contribution in [1.82, 2.24) is 4.90 Å². The zero-order chi connectivity index (χ0) is 15.8. The molecule has 2 aliphatic rings. The van der Waals surface area contributed by atoms with Crippen molar-refractivity contribution in [3.8, 4) is 0 Å². The molecule has 1 heterocycles. The third kappa shape index (κ3) is 4.17. The summed E-state index contributed by atoms with van der Waals surface area (Å²) in [6.07, 6.45) is 2.41. The second-order valence-corrected chi connectivity index (χ2v) is 6.92. The number of carbonyl (C=O) groups is 3. The Morgan fingerprint density at radius 3 is 2.23 bits per heavy atom. The SMILES string of the molecule is O=C(O)C1CCC(CN2C(=O)C=CC2=O)C(S(=O)(=O)O)C1.[NaH]. The average Bonchev–Trinajstić information content (AvgIpc) is 2.69. The first kappa shape index (κ1) is 19.3. The molecule has 3 atom stereocenters. The Morgan fingerprint density at radius 2 is 1.77 bits per heavy atom. The van der Waals surface area contributed by atoms with Crippen molar-refractivity contribution in [3.05, 3.63) is 12.2 Å². The van der Waals surface area contributed by atoms with E-state index >= 15 is 0 Å². The number of carbonyl (C=O) groups excluding carboxylic acids is 2. The van der Waals surface area contributed by atoms with Gasteiger partial charge >= 0.3 is 35.5 Å². The molecule has 0 radical (unpaired) electrons. The van der Waals surface area contributed by atoms with Gasteiger partial charge in [0.1, 0.15) is 0 Å². The van der Waals surface area contributed by atoms with E-state index in [-0.39, 0.29) is 55.4 Å². The van der Waals surface area contributed by atoms with Gasteiger partial charge < -0.3 is 5.11 Å². The van der Waals surface area contributed by atoms with Crippen LogP contribution in [0.4, 0.5) is 0 Å². The first-order valence-corrected chi connectivity index (χ1v) is 7.93. The van der Waals surface area contributed by atoms with E-state index in [1.807, 2.05) is 0 Å². The summed E-state index contributed by atoms with van der Waals surface area (Å²) in [6, 6.07) is 0. The number of amides is 2. The molecule has 0 spiro atoms. The number of imide groups is 1. The molecule has 22 heavy (non-hydrogen) atoms. The van der Waals surface area contributed by atoms with Crippen LogP contribution in [0.1, 0.15) is 19.3 Å². The predicted molar refractivity (Wildman–Crippen MR) is 76.8 cm³/mol. The number of hydrogen-bond donors (Lipinski definition) is 2. The van der Waals surface area contributed by atoms with E-state index in [0.717, 1.165) is 17.1 Å². The molecule has 2 rings (SSSR count). The van der Waals surface area contributed by atoms with Crippen LogP contribution in [0.2, 0.25) is 0 Å². The molecule has 0 bridgehead atoms. The van der Waals surface area contributed by atoms with Gasteiger partial charge in [-0.05, 0) is 25.2 Å². The molecule has 0 aromatic carbocycles. The van der Waals surface area contributed by atoms with Crippen LogP contribution in [0.3, 0.4) is 0 Å². The monoisotopic (exact) mass is 341 g/mol. The van der Waals surface area contributed by atoms with E-state index in [2.05, 4.69) is 0 Å². The predicted octanol–water partition coefficient (Wildman–Crippen LogP) is -0.980. The zero-order valence-corrected chi connectivity index (χ0v) is 11.8. The van der Waals surface area contributed by atoms with E-state index in [0.29, 0.717) is 0 Å². The van der Waals surface area contributed by atoms with Gasteiger partial charge in [0.05, 0.1) is 11.2 Å². The van der Waals surface area contributed by atoms with Gasteiger partial charge in [-0.1, -0.05) is 0 Å². The summed E-state index contributed by atoms with van der Waals surface area (Å²) in [5, 5.41) is 7.69.